The number of rotatable bonds is 4. The molecule has 1 aromatic carbocycles. The van der Waals surface area contributed by atoms with Crippen molar-refractivity contribution in [3.63, 3.8) is 0 Å². The number of halogens is 2. The number of aromatic amines is 1. The Balaban J connectivity index is 1.99. The first-order chi connectivity index (χ1) is 11.6. The second-order valence-electron chi connectivity index (χ2n) is 7.85. The van der Waals surface area contributed by atoms with E-state index in [-0.39, 0.29) is 23.9 Å². The van der Waals surface area contributed by atoms with E-state index in [9.17, 15) is 13.6 Å². The summed E-state index contributed by atoms with van der Waals surface area (Å²) in [6.07, 6.45) is -0.122. The van der Waals surface area contributed by atoms with Crippen LogP contribution in [0.4, 0.5) is 8.78 Å². The molecule has 0 unspecified atom stereocenters. The predicted molar refractivity (Wildman–Crippen MR) is 94.5 cm³/mol. The van der Waals surface area contributed by atoms with Crippen molar-refractivity contribution in [1.29, 1.82) is 0 Å². The fourth-order valence-electron chi connectivity index (χ4n) is 2.80. The van der Waals surface area contributed by atoms with Gasteiger partial charge in [-0.15, -0.1) is 0 Å². The van der Waals surface area contributed by atoms with Gasteiger partial charge in [0.2, 0.25) is 0 Å². The second-order valence-corrected chi connectivity index (χ2v) is 7.85. The molecule has 0 aliphatic heterocycles. The van der Waals surface area contributed by atoms with Gasteiger partial charge in [-0.3, -0.25) is 4.79 Å². The van der Waals surface area contributed by atoms with Crippen LogP contribution in [0.15, 0.2) is 35.1 Å². The van der Waals surface area contributed by atoms with Crippen molar-refractivity contribution in [1.82, 2.24) is 4.98 Å². The maximum absolute atomic E-state index is 13.2. The first-order valence-corrected chi connectivity index (χ1v) is 8.43. The van der Waals surface area contributed by atoms with E-state index < -0.39 is 11.8 Å². The third-order valence-corrected chi connectivity index (χ3v) is 4.51. The summed E-state index contributed by atoms with van der Waals surface area (Å²) < 4.78 is 32.1. The Labute approximate surface area is 146 Å². The lowest BCUT2D eigenvalue weighted by Gasteiger charge is -2.21. The zero-order valence-corrected chi connectivity index (χ0v) is 15.0. The van der Waals surface area contributed by atoms with Crippen LogP contribution in [0.1, 0.15) is 38.4 Å². The highest BCUT2D eigenvalue weighted by Crippen LogP contribution is 2.49. The van der Waals surface area contributed by atoms with E-state index in [2.05, 4.69) is 25.8 Å². The van der Waals surface area contributed by atoms with Gasteiger partial charge in [0.15, 0.2) is 5.43 Å². The van der Waals surface area contributed by atoms with Crippen LogP contribution in [-0.2, 0) is 5.41 Å². The van der Waals surface area contributed by atoms with Gasteiger partial charge in [0.1, 0.15) is 5.75 Å². The zero-order chi connectivity index (χ0) is 18.4. The molecule has 1 aliphatic carbocycles. The summed E-state index contributed by atoms with van der Waals surface area (Å²) >= 11 is 0. The minimum absolute atomic E-state index is 0.0242. The smallest absolute Gasteiger partial charge is 0.255 e. The Hall–Kier alpha value is -2.17. The van der Waals surface area contributed by atoms with Crippen molar-refractivity contribution in [2.24, 2.45) is 5.92 Å². The summed E-state index contributed by atoms with van der Waals surface area (Å²) in [6.45, 7) is 8.02. The number of aryl methyl sites for hydroxylation is 1. The van der Waals surface area contributed by atoms with E-state index in [1.165, 1.54) is 12.1 Å². The van der Waals surface area contributed by atoms with Crippen molar-refractivity contribution >= 4 is 0 Å². The Kier molecular flexibility index (Phi) is 4.21. The van der Waals surface area contributed by atoms with Crippen LogP contribution in [0, 0.1) is 12.8 Å². The molecule has 1 fully saturated rings. The van der Waals surface area contributed by atoms with Gasteiger partial charge in [-0.05, 0) is 30.0 Å². The van der Waals surface area contributed by atoms with Gasteiger partial charge in [0.05, 0.1) is 18.2 Å². The Morgan fingerprint density at radius 3 is 2.48 bits per heavy atom. The van der Waals surface area contributed by atoms with Gasteiger partial charge in [0.25, 0.3) is 5.92 Å². The molecule has 0 spiro atoms. The molecule has 25 heavy (non-hydrogen) atoms. The molecule has 3 rings (SSSR count). The number of H-pyrrole nitrogens is 1. The molecule has 5 heteroatoms. The summed E-state index contributed by atoms with van der Waals surface area (Å²) in [5.74, 6) is -2.81. The monoisotopic (exact) mass is 347 g/mol. The first-order valence-electron chi connectivity index (χ1n) is 8.43. The van der Waals surface area contributed by atoms with Gasteiger partial charge < -0.3 is 9.72 Å². The van der Waals surface area contributed by atoms with Crippen LogP contribution in [0.5, 0.6) is 5.75 Å². The molecular formula is C20H23F2NO2. The molecule has 3 nitrogen and oxygen atoms in total. The van der Waals surface area contributed by atoms with Crippen LogP contribution in [-0.4, -0.2) is 17.5 Å². The average Bonchev–Trinajstić information content (AvgIpc) is 3.10. The van der Waals surface area contributed by atoms with E-state index in [0.29, 0.717) is 17.0 Å². The maximum Gasteiger partial charge on any atom is 0.255 e. The van der Waals surface area contributed by atoms with Crippen LogP contribution < -0.4 is 10.2 Å². The largest absolute Gasteiger partial charge is 0.492 e. The number of ether oxygens (including phenoxy) is 1. The topological polar surface area (TPSA) is 42.1 Å². The SMILES string of the molecule is Cc1cc(=O)cc(-c2ccc(C(C)(C)C)cc2OC[C@@H]2CC2(F)F)[nH]1. The molecule has 1 aliphatic rings. The summed E-state index contributed by atoms with van der Waals surface area (Å²) in [5.41, 5.74) is 2.91. The highest BCUT2D eigenvalue weighted by Gasteiger charge is 2.57. The molecule has 0 amide bonds. The predicted octanol–water partition coefficient (Wildman–Crippen LogP) is 4.68. The summed E-state index contributed by atoms with van der Waals surface area (Å²) in [5, 5.41) is 0. The Morgan fingerprint density at radius 1 is 1.24 bits per heavy atom. The van der Waals surface area contributed by atoms with Crippen molar-refractivity contribution in [3.8, 4) is 17.0 Å². The van der Waals surface area contributed by atoms with Gasteiger partial charge in [0, 0.05) is 29.8 Å². The van der Waals surface area contributed by atoms with Crippen LogP contribution in [0.25, 0.3) is 11.3 Å². The molecule has 1 atom stereocenters. The highest BCUT2D eigenvalue weighted by atomic mass is 19.3. The molecule has 1 N–H and O–H groups in total. The molecule has 134 valence electrons. The van der Waals surface area contributed by atoms with Crippen molar-refractivity contribution < 1.29 is 13.5 Å². The number of hydrogen-bond donors (Lipinski definition) is 1. The highest BCUT2D eigenvalue weighted by molar-refractivity contribution is 5.68. The molecule has 0 saturated heterocycles. The molecule has 0 bridgehead atoms. The standard InChI is InChI=1S/C20H23F2NO2/c1-12-7-15(24)9-17(23-12)16-6-5-13(19(2,3)4)8-18(16)25-11-14-10-20(14,21)22/h5-9,14H,10-11H2,1-4H3,(H,23,24)/t14-/m0/s1. The minimum Gasteiger partial charge on any atom is -0.492 e. The maximum atomic E-state index is 13.2. The van der Waals surface area contributed by atoms with E-state index in [4.69, 9.17) is 4.74 Å². The van der Waals surface area contributed by atoms with Crippen LogP contribution in [0.2, 0.25) is 0 Å². The van der Waals surface area contributed by atoms with Crippen LogP contribution in [0.3, 0.4) is 0 Å². The summed E-state index contributed by atoms with van der Waals surface area (Å²) in [7, 11) is 0. The first kappa shape index (κ1) is 17.6. The number of aromatic nitrogens is 1. The van der Waals surface area contributed by atoms with Gasteiger partial charge in [-0.25, -0.2) is 8.78 Å². The lowest BCUT2D eigenvalue weighted by Crippen LogP contribution is -2.13. The van der Waals surface area contributed by atoms with E-state index in [1.54, 1.807) is 6.92 Å². The second kappa shape index (κ2) is 5.97. The van der Waals surface area contributed by atoms with Gasteiger partial charge in [-0.1, -0.05) is 26.8 Å². The van der Waals surface area contributed by atoms with Crippen molar-refractivity contribution in [3.05, 3.63) is 51.8 Å². The zero-order valence-electron chi connectivity index (χ0n) is 15.0. The average molecular weight is 347 g/mol. The third-order valence-electron chi connectivity index (χ3n) is 4.51. The van der Waals surface area contributed by atoms with E-state index in [0.717, 1.165) is 11.3 Å². The molecule has 1 aromatic heterocycles. The third kappa shape index (κ3) is 3.91. The molecule has 1 saturated carbocycles. The van der Waals surface area contributed by atoms with Crippen molar-refractivity contribution in [2.45, 2.75) is 45.5 Å². The number of pyridine rings is 1. The quantitative estimate of drug-likeness (QED) is 0.872. The van der Waals surface area contributed by atoms with Gasteiger partial charge >= 0.3 is 0 Å². The Morgan fingerprint density at radius 2 is 1.92 bits per heavy atom. The fourth-order valence-corrected chi connectivity index (χ4v) is 2.80. The molecule has 1 heterocycles. The van der Waals surface area contributed by atoms with E-state index in [1.807, 2.05) is 18.2 Å². The molecule has 0 radical (unpaired) electrons. The van der Waals surface area contributed by atoms with Gasteiger partial charge in [-0.2, -0.15) is 0 Å². The van der Waals surface area contributed by atoms with Crippen LogP contribution >= 0.6 is 0 Å². The summed E-state index contributed by atoms with van der Waals surface area (Å²) in [6, 6.07) is 8.76. The lowest BCUT2D eigenvalue weighted by atomic mass is 9.86. The number of nitrogens with one attached hydrogen (secondary N) is 1. The number of benzene rings is 1. The minimum atomic E-state index is -2.61. The normalized spacial score (nSPS) is 18.9. The Bertz CT molecular complexity index is 850. The lowest BCUT2D eigenvalue weighted by molar-refractivity contribution is 0.0856. The number of alkyl halides is 2. The molecule has 2 aromatic rings. The number of hydrogen-bond acceptors (Lipinski definition) is 2. The fraction of sp³-hybridized carbons (Fsp3) is 0.450. The summed E-state index contributed by atoms with van der Waals surface area (Å²) in [4.78, 5) is 15.0. The van der Waals surface area contributed by atoms with Crippen molar-refractivity contribution in [2.75, 3.05) is 6.61 Å². The van der Waals surface area contributed by atoms with E-state index >= 15 is 0 Å². The molecular weight excluding hydrogens is 324 g/mol.